The zero-order chi connectivity index (χ0) is 19.4. The van der Waals surface area contributed by atoms with Crippen LogP contribution >= 0.6 is 22.9 Å². The summed E-state index contributed by atoms with van der Waals surface area (Å²) in [4.78, 5) is 6.29. The summed E-state index contributed by atoms with van der Waals surface area (Å²) in [6.45, 7) is 0.786. The summed E-state index contributed by atoms with van der Waals surface area (Å²) < 4.78 is 44.6. The number of rotatable bonds is 8. The molecule has 0 N–H and O–H groups in total. The lowest BCUT2D eigenvalue weighted by molar-refractivity contribution is 0.475. The van der Waals surface area contributed by atoms with Crippen LogP contribution in [0.1, 0.15) is 11.4 Å². The largest absolute Gasteiger partial charge is 0.349 e. The number of anilines is 1. The maximum atomic E-state index is 13.8. The molecule has 2 heterocycles. The van der Waals surface area contributed by atoms with Gasteiger partial charge in [-0.05, 0) is 23.1 Å². The van der Waals surface area contributed by atoms with E-state index in [1.165, 1.54) is 33.2 Å². The van der Waals surface area contributed by atoms with Gasteiger partial charge in [-0.2, -0.15) is 8.68 Å². The van der Waals surface area contributed by atoms with Crippen molar-refractivity contribution in [1.29, 1.82) is 0 Å². The summed E-state index contributed by atoms with van der Waals surface area (Å²) in [5, 5.41) is 2.41. The quantitative estimate of drug-likeness (QED) is 0.554. The average molecular weight is 427 g/mol. The molecule has 0 spiro atoms. The zero-order valence-electron chi connectivity index (χ0n) is 14.9. The Hall–Kier alpha value is -1.88. The topological polar surface area (TPSA) is 66.4 Å². The van der Waals surface area contributed by atoms with Crippen LogP contribution in [0.2, 0.25) is 0 Å². The first-order valence-corrected chi connectivity index (χ1v) is 11.2. The second kappa shape index (κ2) is 8.42. The Morgan fingerprint density at radius 3 is 2.59 bits per heavy atom. The average Bonchev–Trinajstić information content (AvgIpc) is 3.33. The molecule has 0 aliphatic heterocycles. The normalized spacial score (nSPS) is 11.9. The lowest BCUT2D eigenvalue weighted by Gasteiger charge is -2.20. The highest BCUT2D eigenvalue weighted by Crippen LogP contribution is 2.21. The minimum atomic E-state index is -3.46. The Morgan fingerprint density at radius 2 is 1.89 bits per heavy atom. The molecule has 0 saturated carbocycles. The summed E-state index contributed by atoms with van der Waals surface area (Å²) in [6.07, 6.45) is 0.323. The zero-order valence-corrected chi connectivity index (χ0v) is 17.3. The van der Waals surface area contributed by atoms with E-state index in [-0.39, 0.29) is 5.82 Å². The number of halogens is 1. The van der Waals surface area contributed by atoms with Gasteiger partial charge in [-0.3, -0.25) is 0 Å². The van der Waals surface area contributed by atoms with Crippen LogP contribution in [-0.4, -0.2) is 49.3 Å². The maximum absolute atomic E-state index is 13.8. The highest BCUT2D eigenvalue weighted by atomic mass is 32.2. The standard InChI is InChI=1S/C17H19FN4O2S3/c1-21(9-10-22(2)27(23,24)16-8-5-11-25-16)17-19-15(20-26-17)12-13-6-3-4-7-14(13)18/h3-8,11H,9-10,12H2,1-2H3. The molecule has 0 amide bonds. The van der Waals surface area contributed by atoms with Gasteiger partial charge >= 0.3 is 0 Å². The van der Waals surface area contributed by atoms with Crippen LogP contribution in [0.4, 0.5) is 9.52 Å². The van der Waals surface area contributed by atoms with Crippen LogP contribution in [0.15, 0.2) is 46.0 Å². The number of nitrogens with zero attached hydrogens (tertiary/aromatic N) is 4. The van der Waals surface area contributed by atoms with Crippen LogP contribution in [-0.2, 0) is 16.4 Å². The fourth-order valence-electron chi connectivity index (χ4n) is 2.35. The molecule has 6 nitrogen and oxygen atoms in total. The number of hydrogen-bond acceptors (Lipinski definition) is 7. The molecule has 0 atom stereocenters. The summed E-state index contributed by atoms with van der Waals surface area (Å²) in [5.41, 5.74) is 0.547. The van der Waals surface area contributed by atoms with E-state index in [0.29, 0.717) is 40.2 Å². The monoisotopic (exact) mass is 426 g/mol. The van der Waals surface area contributed by atoms with Gasteiger partial charge in [-0.1, -0.05) is 24.3 Å². The van der Waals surface area contributed by atoms with Gasteiger partial charge in [0, 0.05) is 45.1 Å². The van der Waals surface area contributed by atoms with Gasteiger partial charge < -0.3 is 4.90 Å². The van der Waals surface area contributed by atoms with Gasteiger partial charge in [0.2, 0.25) is 5.13 Å². The van der Waals surface area contributed by atoms with Crippen molar-refractivity contribution in [2.75, 3.05) is 32.1 Å². The smallest absolute Gasteiger partial charge is 0.252 e. The summed E-state index contributed by atoms with van der Waals surface area (Å²) >= 11 is 2.42. The minimum Gasteiger partial charge on any atom is -0.349 e. The van der Waals surface area contributed by atoms with Gasteiger partial charge in [0.1, 0.15) is 15.9 Å². The van der Waals surface area contributed by atoms with Crippen molar-refractivity contribution in [3.8, 4) is 0 Å². The van der Waals surface area contributed by atoms with Gasteiger partial charge in [0.25, 0.3) is 10.0 Å². The molecule has 1 aromatic carbocycles. The van der Waals surface area contributed by atoms with Crippen LogP contribution in [0, 0.1) is 5.82 Å². The molecule has 0 bridgehead atoms. The van der Waals surface area contributed by atoms with E-state index in [0.717, 1.165) is 0 Å². The van der Waals surface area contributed by atoms with Crippen LogP contribution < -0.4 is 4.90 Å². The van der Waals surface area contributed by atoms with E-state index in [4.69, 9.17) is 0 Å². The Balaban J connectivity index is 1.60. The second-order valence-corrected chi connectivity index (χ2v) is 9.89. The molecule has 0 fully saturated rings. The third kappa shape index (κ3) is 4.70. The number of likely N-dealkylation sites (N-methyl/N-ethyl adjacent to an activating group) is 2. The molecule has 27 heavy (non-hydrogen) atoms. The molecular formula is C17H19FN4O2S3. The van der Waals surface area contributed by atoms with E-state index in [2.05, 4.69) is 9.36 Å². The Bertz CT molecular complexity index is 989. The van der Waals surface area contributed by atoms with E-state index in [9.17, 15) is 12.8 Å². The van der Waals surface area contributed by atoms with Gasteiger partial charge in [0.05, 0.1) is 0 Å². The molecule has 10 heteroatoms. The maximum Gasteiger partial charge on any atom is 0.252 e. The van der Waals surface area contributed by atoms with Crippen LogP contribution in [0.25, 0.3) is 0 Å². The van der Waals surface area contributed by atoms with E-state index >= 15 is 0 Å². The minimum absolute atomic E-state index is 0.275. The van der Waals surface area contributed by atoms with E-state index in [1.54, 1.807) is 42.8 Å². The Labute approximate surface area is 166 Å². The number of thiophene rings is 1. The molecule has 0 saturated heterocycles. The molecule has 0 unspecified atom stereocenters. The molecular weight excluding hydrogens is 407 g/mol. The Kier molecular flexibility index (Phi) is 6.20. The van der Waals surface area contributed by atoms with Crippen molar-refractivity contribution in [1.82, 2.24) is 13.7 Å². The van der Waals surface area contributed by atoms with Crippen LogP contribution in [0.3, 0.4) is 0 Å². The summed E-state index contributed by atoms with van der Waals surface area (Å²) in [7, 11) is -0.0684. The van der Waals surface area contributed by atoms with Gasteiger partial charge in [-0.25, -0.2) is 17.8 Å². The van der Waals surface area contributed by atoms with Crippen molar-refractivity contribution in [2.45, 2.75) is 10.6 Å². The van der Waals surface area contributed by atoms with Crippen molar-refractivity contribution in [3.63, 3.8) is 0 Å². The van der Waals surface area contributed by atoms with Crippen molar-refractivity contribution < 1.29 is 12.8 Å². The fourth-order valence-corrected chi connectivity index (χ4v) is 5.39. The van der Waals surface area contributed by atoms with E-state index < -0.39 is 10.0 Å². The lowest BCUT2D eigenvalue weighted by Crippen LogP contribution is -2.34. The number of benzene rings is 1. The predicted octanol–water partition coefficient (Wildman–Crippen LogP) is 3.09. The number of aromatic nitrogens is 2. The summed E-state index contributed by atoms with van der Waals surface area (Å²) in [6, 6.07) is 9.87. The van der Waals surface area contributed by atoms with Crippen molar-refractivity contribution in [3.05, 3.63) is 59.0 Å². The number of sulfonamides is 1. The molecule has 2 aromatic heterocycles. The third-order valence-corrected chi connectivity index (χ3v) is 8.10. The summed E-state index contributed by atoms with van der Waals surface area (Å²) in [5.74, 6) is 0.272. The predicted molar refractivity (Wildman–Crippen MR) is 107 cm³/mol. The fraction of sp³-hybridized carbons (Fsp3) is 0.294. The van der Waals surface area contributed by atoms with E-state index in [1.807, 2.05) is 11.9 Å². The van der Waals surface area contributed by atoms with Crippen LogP contribution in [0.5, 0.6) is 0 Å². The molecule has 3 aromatic rings. The molecule has 0 aliphatic carbocycles. The van der Waals surface area contributed by atoms with Gasteiger partial charge in [-0.15, -0.1) is 11.3 Å². The molecule has 144 valence electrons. The highest BCUT2D eigenvalue weighted by Gasteiger charge is 2.22. The lowest BCUT2D eigenvalue weighted by atomic mass is 10.1. The molecule has 0 aliphatic rings. The number of hydrogen-bond donors (Lipinski definition) is 0. The van der Waals surface area contributed by atoms with Crippen molar-refractivity contribution in [2.24, 2.45) is 0 Å². The molecule has 3 rings (SSSR count). The highest BCUT2D eigenvalue weighted by molar-refractivity contribution is 7.91. The second-order valence-electron chi connectivity index (χ2n) is 5.94. The first-order valence-electron chi connectivity index (χ1n) is 8.15. The first kappa shape index (κ1) is 19.9. The van der Waals surface area contributed by atoms with Crippen molar-refractivity contribution >= 4 is 38.0 Å². The first-order chi connectivity index (χ1) is 12.9. The molecule has 0 radical (unpaired) electrons. The SMILES string of the molecule is CN(CCN(C)S(=O)(=O)c1cccs1)c1nc(Cc2ccccc2F)ns1. The third-order valence-electron chi connectivity index (χ3n) is 4.00. The van der Waals surface area contributed by atoms with Gasteiger partial charge in [0.15, 0.2) is 0 Å². The Morgan fingerprint density at radius 1 is 1.11 bits per heavy atom.